The van der Waals surface area contributed by atoms with Gasteiger partial charge < -0.3 is 20.1 Å². The lowest BCUT2D eigenvalue weighted by Crippen LogP contribution is -2.45. The fourth-order valence-corrected chi connectivity index (χ4v) is 1.23. The van der Waals surface area contributed by atoms with Crippen molar-refractivity contribution >= 4 is 5.91 Å². The van der Waals surface area contributed by atoms with Gasteiger partial charge in [-0.25, -0.2) is 0 Å². The minimum absolute atomic E-state index is 0.0457. The third kappa shape index (κ3) is 3.63. The SMILES string of the molecule is Cc1cc(CC(=O)N[C@@H](CO)[C@H](C)O)on1. The van der Waals surface area contributed by atoms with Crippen molar-refractivity contribution in [1.82, 2.24) is 10.5 Å². The highest BCUT2D eigenvalue weighted by atomic mass is 16.5. The molecular formula is C10H16N2O4. The van der Waals surface area contributed by atoms with E-state index in [0.29, 0.717) is 11.5 Å². The molecule has 0 aliphatic carbocycles. The quantitative estimate of drug-likeness (QED) is 0.624. The topological polar surface area (TPSA) is 95.6 Å². The van der Waals surface area contributed by atoms with E-state index in [4.69, 9.17) is 9.63 Å². The van der Waals surface area contributed by atoms with Crippen molar-refractivity contribution < 1.29 is 19.5 Å². The van der Waals surface area contributed by atoms with Crippen molar-refractivity contribution in [2.75, 3.05) is 6.61 Å². The van der Waals surface area contributed by atoms with Crippen molar-refractivity contribution in [2.24, 2.45) is 0 Å². The Hall–Kier alpha value is -1.40. The Morgan fingerprint density at radius 1 is 1.69 bits per heavy atom. The first-order chi connectivity index (χ1) is 7.52. The van der Waals surface area contributed by atoms with Gasteiger partial charge in [-0.1, -0.05) is 5.16 Å². The first-order valence-electron chi connectivity index (χ1n) is 5.03. The van der Waals surface area contributed by atoms with Crippen LogP contribution in [0.3, 0.4) is 0 Å². The van der Waals surface area contributed by atoms with E-state index in [-0.39, 0.29) is 18.9 Å². The molecule has 0 aromatic carbocycles. The van der Waals surface area contributed by atoms with Crippen molar-refractivity contribution in [2.45, 2.75) is 32.4 Å². The van der Waals surface area contributed by atoms with Gasteiger partial charge >= 0.3 is 0 Å². The molecule has 0 aliphatic rings. The molecule has 6 heteroatoms. The van der Waals surface area contributed by atoms with Crippen molar-refractivity contribution in [3.8, 4) is 0 Å². The molecular weight excluding hydrogens is 212 g/mol. The van der Waals surface area contributed by atoms with Crippen LogP contribution in [0.1, 0.15) is 18.4 Å². The second kappa shape index (κ2) is 5.62. The monoisotopic (exact) mass is 228 g/mol. The lowest BCUT2D eigenvalue weighted by atomic mass is 10.2. The molecule has 1 amide bonds. The molecule has 0 saturated heterocycles. The number of carbonyl (C=O) groups is 1. The number of carbonyl (C=O) groups excluding carboxylic acids is 1. The number of rotatable bonds is 5. The molecule has 0 aliphatic heterocycles. The van der Waals surface area contributed by atoms with Gasteiger partial charge in [0.05, 0.1) is 30.9 Å². The highest BCUT2D eigenvalue weighted by molar-refractivity contribution is 5.78. The third-order valence-electron chi connectivity index (χ3n) is 2.14. The zero-order chi connectivity index (χ0) is 12.1. The zero-order valence-electron chi connectivity index (χ0n) is 9.30. The van der Waals surface area contributed by atoms with Gasteiger partial charge in [0.25, 0.3) is 0 Å². The van der Waals surface area contributed by atoms with Crippen molar-refractivity contribution in [3.63, 3.8) is 0 Å². The third-order valence-corrected chi connectivity index (χ3v) is 2.14. The normalized spacial score (nSPS) is 14.5. The highest BCUT2D eigenvalue weighted by Crippen LogP contribution is 2.03. The maximum absolute atomic E-state index is 11.5. The number of hydrogen-bond acceptors (Lipinski definition) is 5. The van der Waals surface area contributed by atoms with Gasteiger partial charge in [-0.2, -0.15) is 0 Å². The number of nitrogens with one attached hydrogen (secondary N) is 1. The number of aliphatic hydroxyl groups excluding tert-OH is 2. The second-order valence-electron chi connectivity index (χ2n) is 3.71. The molecule has 0 unspecified atom stereocenters. The summed E-state index contributed by atoms with van der Waals surface area (Å²) in [6, 6.07) is 1.01. The Morgan fingerprint density at radius 2 is 2.38 bits per heavy atom. The summed E-state index contributed by atoms with van der Waals surface area (Å²) in [7, 11) is 0. The van der Waals surface area contributed by atoms with Crippen LogP contribution in [0.15, 0.2) is 10.6 Å². The van der Waals surface area contributed by atoms with E-state index in [1.54, 1.807) is 13.0 Å². The van der Waals surface area contributed by atoms with Crippen LogP contribution in [-0.4, -0.2) is 40.0 Å². The Morgan fingerprint density at radius 3 is 2.81 bits per heavy atom. The van der Waals surface area contributed by atoms with E-state index >= 15 is 0 Å². The minimum atomic E-state index is -0.801. The van der Waals surface area contributed by atoms with Crippen molar-refractivity contribution in [3.05, 3.63) is 17.5 Å². The van der Waals surface area contributed by atoms with Crippen LogP contribution >= 0.6 is 0 Å². The summed E-state index contributed by atoms with van der Waals surface area (Å²) in [5.41, 5.74) is 0.706. The Kier molecular flexibility index (Phi) is 4.45. The number of aliphatic hydroxyl groups is 2. The minimum Gasteiger partial charge on any atom is -0.394 e. The molecule has 1 aromatic heterocycles. The predicted octanol–water partition coefficient (Wildman–Crippen LogP) is -0.617. The van der Waals surface area contributed by atoms with Gasteiger partial charge in [-0.3, -0.25) is 4.79 Å². The molecule has 16 heavy (non-hydrogen) atoms. The summed E-state index contributed by atoms with van der Waals surface area (Å²) in [6.45, 7) is 2.95. The second-order valence-corrected chi connectivity index (χ2v) is 3.71. The fraction of sp³-hybridized carbons (Fsp3) is 0.600. The number of amides is 1. The van der Waals surface area contributed by atoms with E-state index in [9.17, 15) is 9.90 Å². The molecule has 0 radical (unpaired) electrons. The maximum atomic E-state index is 11.5. The van der Waals surface area contributed by atoms with Gasteiger partial charge in [-0.15, -0.1) is 0 Å². The van der Waals surface area contributed by atoms with Crippen LogP contribution in [0.5, 0.6) is 0 Å². The maximum Gasteiger partial charge on any atom is 0.228 e. The first-order valence-corrected chi connectivity index (χ1v) is 5.03. The highest BCUT2D eigenvalue weighted by Gasteiger charge is 2.17. The zero-order valence-corrected chi connectivity index (χ0v) is 9.30. The Bertz CT molecular complexity index is 348. The van der Waals surface area contributed by atoms with E-state index < -0.39 is 12.1 Å². The van der Waals surface area contributed by atoms with Crippen LogP contribution < -0.4 is 5.32 Å². The summed E-state index contributed by atoms with van der Waals surface area (Å²) >= 11 is 0. The number of aromatic nitrogens is 1. The molecule has 0 saturated carbocycles. The smallest absolute Gasteiger partial charge is 0.228 e. The van der Waals surface area contributed by atoms with E-state index in [1.807, 2.05) is 0 Å². The molecule has 1 heterocycles. The van der Waals surface area contributed by atoms with Crippen LogP contribution in [0.25, 0.3) is 0 Å². The van der Waals surface area contributed by atoms with Gasteiger partial charge in [0.15, 0.2) is 0 Å². The Labute approximate surface area is 93.3 Å². The molecule has 1 aromatic rings. The lowest BCUT2D eigenvalue weighted by molar-refractivity contribution is -0.122. The molecule has 3 N–H and O–H groups in total. The molecule has 0 fully saturated rings. The lowest BCUT2D eigenvalue weighted by Gasteiger charge is -2.18. The van der Waals surface area contributed by atoms with Gasteiger partial charge in [-0.05, 0) is 13.8 Å². The van der Waals surface area contributed by atoms with Gasteiger partial charge in [0.1, 0.15) is 5.76 Å². The fourth-order valence-electron chi connectivity index (χ4n) is 1.23. The van der Waals surface area contributed by atoms with E-state index in [0.717, 1.165) is 0 Å². The number of aryl methyl sites for hydroxylation is 1. The van der Waals surface area contributed by atoms with Gasteiger partial charge in [0.2, 0.25) is 5.91 Å². The van der Waals surface area contributed by atoms with E-state index in [1.165, 1.54) is 6.92 Å². The Balaban J connectivity index is 2.47. The predicted molar refractivity (Wildman–Crippen MR) is 55.6 cm³/mol. The standard InChI is InChI=1S/C10H16N2O4/c1-6-3-8(16-12-6)4-10(15)11-9(5-13)7(2)14/h3,7,9,13-14H,4-5H2,1-2H3,(H,11,15)/t7-,9-/m0/s1. The summed E-state index contributed by atoms with van der Waals surface area (Å²) < 4.78 is 4.87. The average molecular weight is 228 g/mol. The largest absolute Gasteiger partial charge is 0.394 e. The molecule has 6 nitrogen and oxygen atoms in total. The number of hydrogen-bond donors (Lipinski definition) is 3. The molecule has 0 bridgehead atoms. The number of nitrogens with zero attached hydrogens (tertiary/aromatic N) is 1. The summed E-state index contributed by atoms with van der Waals surface area (Å²) in [4.78, 5) is 11.5. The summed E-state index contributed by atoms with van der Waals surface area (Å²) in [5.74, 6) is 0.133. The van der Waals surface area contributed by atoms with Crippen LogP contribution in [0.2, 0.25) is 0 Å². The van der Waals surface area contributed by atoms with Gasteiger partial charge in [0, 0.05) is 6.07 Å². The van der Waals surface area contributed by atoms with E-state index in [2.05, 4.69) is 10.5 Å². The molecule has 1 rings (SSSR count). The molecule has 0 spiro atoms. The summed E-state index contributed by atoms with van der Waals surface area (Å²) in [6.07, 6.45) is -0.755. The summed E-state index contributed by atoms with van der Waals surface area (Å²) in [5, 5.41) is 24.3. The first kappa shape index (κ1) is 12.7. The van der Waals surface area contributed by atoms with Crippen LogP contribution in [0, 0.1) is 6.92 Å². The molecule has 90 valence electrons. The van der Waals surface area contributed by atoms with Crippen LogP contribution in [-0.2, 0) is 11.2 Å². The molecule has 2 atom stereocenters. The van der Waals surface area contributed by atoms with Crippen molar-refractivity contribution in [1.29, 1.82) is 0 Å². The van der Waals surface area contributed by atoms with Crippen LogP contribution in [0.4, 0.5) is 0 Å². The average Bonchev–Trinajstić information content (AvgIpc) is 2.60.